The number of nitrogens with zero attached hydrogens (tertiary/aromatic N) is 3. The van der Waals surface area contributed by atoms with Gasteiger partial charge in [-0.1, -0.05) is 0 Å². The second-order valence-electron chi connectivity index (χ2n) is 5.03. The molecule has 0 radical (unpaired) electrons. The van der Waals surface area contributed by atoms with E-state index in [9.17, 15) is 4.39 Å². The summed E-state index contributed by atoms with van der Waals surface area (Å²) in [5, 5.41) is 0.697. The van der Waals surface area contributed by atoms with Crippen LogP contribution < -0.4 is 4.74 Å². The van der Waals surface area contributed by atoms with Crippen molar-refractivity contribution in [2.45, 2.75) is 18.9 Å². The Kier molecular flexibility index (Phi) is 3.85. The van der Waals surface area contributed by atoms with Crippen LogP contribution in [0.15, 0.2) is 22.9 Å². The lowest BCUT2D eigenvalue weighted by molar-refractivity contribution is 0.187. The van der Waals surface area contributed by atoms with E-state index in [0.29, 0.717) is 28.0 Å². The van der Waals surface area contributed by atoms with Gasteiger partial charge in [0.2, 0.25) is 0 Å². The standard InChI is InChI=1S/C14H15BrFN3O/c1-19-6-2-3-9(19)8-20-14-13(16)12(15)10-4-5-17-7-11(10)18-14/h4-5,7,9H,2-3,6,8H2,1H3/t9-/m0/s1. The molecule has 3 rings (SSSR count). The summed E-state index contributed by atoms with van der Waals surface area (Å²) >= 11 is 3.26. The Morgan fingerprint density at radius 3 is 3.15 bits per heavy atom. The van der Waals surface area contributed by atoms with Crippen LogP contribution in [0, 0.1) is 5.82 Å². The predicted octanol–water partition coefficient (Wildman–Crippen LogP) is 3.00. The highest BCUT2D eigenvalue weighted by atomic mass is 79.9. The second-order valence-corrected chi connectivity index (χ2v) is 5.82. The molecule has 3 heterocycles. The summed E-state index contributed by atoms with van der Waals surface area (Å²) < 4.78 is 20.2. The quantitative estimate of drug-likeness (QED) is 0.861. The average molecular weight is 340 g/mol. The van der Waals surface area contributed by atoms with Crippen LogP contribution in [0.2, 0.25) is 0 Å². The lowest BCUT2D eigenvalue weighted by Gasteiger charge is -2.19. The first-order valence-corrected chi connectivity index (χ1v) is 7.38. The molecule has 4 nitrogen and oxygen atoms in total. The third-order valence-electron chi connectivity index (χ3n) is 3.72. The van der Waals surface area contributed by atoms with Gasteiger partial charge in [0, 0.05) is 17.6 Å². The molecular weight excluding hydrogens is 325 g/mol. The van der Waals surface area contributed by atoms with Gasteiger partial charge in [0.1, 0.15) is 6.61 Å². The highest BCUT2D eigenvalue weighted by Gasteiger charge is 2.23. The van der Waals surface area contributed by atoms with Crippen LogP contribution in [0.5, 0.6) is 5.88 Å². The number of fused-ring (bicyclic) bond motifs is 1. The first-order chi connectivity index (χ1) is 9.66. The van der Waals surface area contributed by atoms with Crippen molar-refractivity contribution in [2.24, 2.45) is 0 Å². The molecule has 20 heavy (non-hydrogen) atoms. The normalized spacial score (nSPS) is 19.6. The van der Waals surface area contributed by atoms with Crippen molar-refractivity contribution in [2.75, 3.05) is 20.2 Å². The van der Waals surface area contributed by atoms with E-state index >= 15 is 0 Å². The van der Waals surface area contributed by atoms with Crippen LogP contribution in [0.25, 0.3) is 10.9 Å². The minimum Gasteiger partial charge on any atom is -0.474 e. The molecule has 0 aromatic carbocycles. The molecular formula is C14H15BrFN3O. The van der Waals surface area contributed by atoms with Gasteiger partial charge in [-0.25, -0.2) is 4.98 Å². The maximum Gasteiger partial charge on any atom is 0.252 e. The maximum atomic E-state index is 14.2. The number of aromatic nitrogens is 2. The van der Waals surface area contributed by atoms with Gasteiger partial charge in [-0.15, -0.1) is 0 Å². The van der Waals surface area contributed by atoms with E-state index in [1.165, 1.54) is 0 Å². The first kappa shape index (κ1) is 13.7. The maximum absolute atomic E-state index is 14.2. The number of halogens is 2. The van der Waals surface area contributed by atoms with Crippen molar-refractivity contribution in [3.63, 3.8) is 0 Å². The Labute approximate surface area is 125 Å². The van der Waals surface area contributed by atoms with Gasteiger partial charge < -0.3 is 9.64 Å². The Balaban J connectivity index is 1.86. The highest BCUT2D eigenvalue weighted by Crippen LogP contribution is 2.30. The van der Waals surface area contributed by atoms with Crippen LogP contribution in [0.1, 0.15) is 12.8 Å². The highest BCUT2D eigenvalue weighted by molar-refractivity contribution is 9.10. The third-order valence-corrected chi connectivity index (χ3v) is 4.50. The topological polar surface area (TPSA) is 38.2 Å². The summed E-state index contributed by atoms with van der Waals surface area (Å²) in [5.74, 6) is -0.415. The van der Waals surface area contributed by atoms with Crippen LogP contribution in [-0.4, -0.2) is 41.1 Å². The summed E-state index contributed by atoms with van der Waals surface area (Å²) in [7, 11) is 2.06. The molecule has 1 atom stereocenters. The number of hydrogen-bond donors (Lipinski definition) is 0. The third kappa shape index (κ3) is 2.50. The number of ether oxygens (including phenoxy) is 1. The molecule has 1 aliphatic heterocycles. The molecule has 0 aliphatic carbocycles. The monoisotopic (exact) mass is 339 g/mol. The lowest BCUT2D eigenvalue weighted by Crippen LogP contribution is -2.30. The van der Waals surface area contributed by atoms with Crippen LogP contribution >= 0.6 is 15.9 Å². The molecule has 0 amide bonds. The molecule has 1 fully saturated rings. The largest absolute Gasteiger partial charge is 0.474 e. The van der Waals surface area contributed by atoms with E-state index in [1.54, 1.807) is 18.5 Å². The van der Waals surface area contributed by atoms with Crippen LogP contribution in [0.4, 0.5) is 4.39 Å². The molecule has 1 aliphatic rings. The number of likely N-dealkylation sites (tertiary alicyclic amines) is 1. The predicted molar refractivity (Wildman–Crippen MR) is 78.3 cm³/mol. The van der Waals surface area contributed by atoms with Crippen molar-refractivity contribution in [3.05, 3.63) is 28.7 Å². The molecule has 0 saturated carbocycles. The van der Waals surface area contributed by atoms with Crippen LogP contribution in [-0.2, 0) is 0 Å². The van der Waals surface area contributed by atoms with Crippen molar-refractivity contribution in [1.29, 1.82) is 0 Å². The Morgan fingerprint density at radius 2 is 2.40 bits per heavy atom. The van der Waals surface area contributed by atoms with Gasteiger partial charge in [0.15, 0.2) is 5.82 Å². The first-order valence-electron chi connectivity index (χ1n) is 6.58. The second kappa shape index (κ2) is 5.61. The SMILES string of the molecule is CN1CCC[C@H]1COc1nc2cnccc2c(Br)c1F. The van der Waals surface area contributed by atoms with E-state index in [1.807, 2.05) is 0 Å². The zero-order valence-electron chi connectivity index (χ0n) is 11.1. The fraction of sp³-hybridized carbons (Fsp3) is 0.429. The van der Waals surface area contributed by atoms with E-state index in [4.69, 9.17) is 4.74 Å². The van der Waals surface area contributed by atoms with Gasteiger partial charge in [-0.2, -0.15) is 4.39 Å². The number of likely N-dealkylation sites (N-methyl/N-ethyl adjacent to an activating group) is 1. The van der Waals surface area contributed by atoms with E-state index in [0.717, 1.165) is 19.4 Å². The van der Waals surface area contributed by atoms with Crippen molar-refractivity contribution in [3.8, 4) is 5.88 Å². The van der Waals surface area contributed by atoms with Crippen LogP contribution in [0.3, 0.4) is 0 Å². The molecule has 2 aromatic rings. The van der Waals surface area contributed by atoms with Crippen molar-refractivity contribution >= 4 is 26.8 Å². The number of rotatable bonds is 3. The fourth-order valence-corrected chi connectivity index (χ4v) is 3.00. The van der Waals surface area contributed by atoms with E-state index < -0.39 is 5.82 Å². The van der Waals surface area contributed by atoms with Gasteiger partial charge in [0.25, 0.3) is 5.88 Å². The van der Waals surface area contributed by atoms with Crippen molar-refractivity contribution in [1.82, 2.24) is 14.9 Å². The lowest BCUT2D eigenvalue weighted by atomic mass is 10.2. The summed E-state index contributed by atoms with van der Waals surface area (Å²) in [6.45, 7) is 1.52. The minimum atomic E-state index is -0.454. The Hall–Kier alpha value is -1.27. The molecule has 2 aromatic heterocycles. The zero-order valence-corrected chi connectivity index (χ0v) is 12.7. The molecule has 1 saturated heterocycles. The molecule has 6 heteroatoms. The van der Waals surface area contributed by atoms with Gasteiger partial charge in [0.05, 0.1) is 16.2 Å². The van der Waals surface area contributed by atoms with E-state index in [-0.39, 0.29) is 5.88 Å². The molecule has 0 spiro atoms. The zero-order chi connectivity index (χ0) is 14.1. The van der Waals surface area contributed by atoms with E-state index in [2.05, 4.69) is 37.8 Å². The summed E-state index contributed by atoms with van der Waals surface area (Å²) in [5.41, 5.74) is 0.621. The molecule has 106 valence electrons. The summed E-state index contributed by atoms with van der Waals surface area (Å²) in [6, 6.07) is 2.06. The Morgan fingerprint density at radius 1 is 1.55 bits per heavy atom. The van der Waals surface area contributed by atoms with Gasteiger partial charge in [-0.05, 0) is 48.4 Å². The molecule has 0 bridgehead atoms. The van der Waals surface area contributed by atoms with Gasteiger partial charge in [-0.3, -0.25) is 4.98 Å². The number of pyridine rings is 2. The van der Waals surface area contributed by atoms with Gasteiger partial charge >= 0.3 is 0 Å². The smallest absolute Gasteiger partial charge is 0.252 e. The summed E-state index contributed by atoms with van der Waals surface area (Å²) in [4.78, 5) is 10.4. The fourth-order valence-electron chi connectivity index (χ4n) is 2.49. The Bertz CT molecular complexity index is 637. The summed E-state index contributed by atoms with van der Waals surface area (Å²) in [6.07, 6.45) is 5.45. The number of hydrogen-bond acceptors (Lipinski definition) is 4. The molecule has 0 unspecified atom stereocenters. The minimum absolute atomic E-state index is 0.0395. The van der Waals surface area contributed by atoms with Crippen molar-refractivity contribution < 1.29 is 9.13 Å². The molecule has 0 N–H and O–H groups in total. The average Bonchev–Trinajstić information content (AvgIpc) is 2.87.